The molecule has 0 radical (unpaired) electrons. The Balaban J connectivity index is 1.41. The largest absolute Gasteiger partial charge is 0.358 e. The van der Waals surface area contributed by atoms with Crippen molar-refractivity contribution in [2.75, 3.05) is 10.2 Å². The Morgan fingerprint density at radius 3 is 2.50 bits per heavy atom. The second-order valence-electron chi connectivity index (χ2n) is 13.0. The third-order valence-electron chi connectivity index (χ3n) is 8.81. The topological polar surface area (TPSA) is 50.2 Å². The zero-order valence-electron chi connectivity index (χ0n) is 24.0. The van der Waals surface area contributed by atoms with E-state index in [0.717, 1.165) is 46.8 Å². The number of imidazole rings is 1. The van der Waals surface area contributed by atoms with Gasteiger partial charge in [-0.3, -0.25) is 9.36 Å². The lowest BCUT2D eigenvalue weighted by Crippen LogP contribution is -2.44. The molecule has 0 fully saturated rings. The van der Waals surface area contributed by atoms with E-state index >= 15 is 0 Å². The van der Waals surface area contributed by atoms with E-state index in [1.54, 1.807) is 0 Å². The van der Waals surface area contributed by atoms with Gasteiger partial charge in [-0.15, -0.1) is 0 Å². The normalized spacial score (nSPS) is 20.9. The number of benzene rings is 3. The summed E-state index contributed by atoms with van der Waals surface area (Å²) in [6.07, 6.45) is 3.76. The van der Waals surface area contributed by atoms with Crippen LogP contribution in [0, 0.1) is 5.41 Å². The van der Waals surface area contributed by atoms with Crippen LogP contribution >= 0.6 is 0 Å². The van der Waals surface area contributed by atoms with Crippen LogP contribution in [0.5, 0.6) is 0 Å². The van der Waals surface area contributed by atoms with Crippen LogP contribution in [0.3, 0.4) is 0 Å². The summed E-state index contributed by atoms with van der Waals surface area (Å²) in [5, 5.41) is 3.58. The Labute approximate surface area is 236 Å². The number of carbonyl (C=O) groups is 1. The molecule has 0 bridgehead atoms. The van der Waals surface area contributed by atoms with Gasteiger partial charge in [0.1, 0.15) is 0 Å². The van der Waals surface area contributed by atoms with E-state index in [1.165, 1.54) is 22.4 Å². The molecule has 2 aliphatic heterocycles. The zero-order chi connectivity index (χ0) is 27.8. The molecule has 4 aromatic rings. The summed E-state index contributed by atoms with van der Waals surface area (Å²) < 4.78 is 2.24. The molecule has 202 valence electrons. The molecule has 5 heteroatoms. The van der Waals surface area contributed by atoms with Gasteiger partial charge < -0.3 is 10.2 Å². The number of hydrogen-bond donors (Lipinski definition) is 1. The van der Waals surface area contributed by atoms with Crippen molar-refractivity contribution < 1.29 is 4.79 Å². The highest BCUT2D eigenvalue weighted by Crippen LogP contribution is 2.49. The van der Waals surface area contributed by atoms with Crippen molar-refractivity contribution >= 4 is 34.0 Å². The number of anilines is 2. The number of carbonyl (C=O) groups excluding carboxylic acids is 1. The molecule has 40 heavy (non-hydrogen) atoms. The van der Waals surface area contributed by atoms with Crippen molar-refractivity contribution in [3.63, 3.8) is 0 Å². The average Bonchev–Trinajstić information content (AvgIpc) is 3.27. The Hall–Kier alpha value is -4.12. The van der Waals surface area contributed by atoms with Gasteiger partial charge in [-0.25, -0.2) is 4.98 Å². The molecule has 0 spiro atoms. The molecule has 1 atom stereocenters. The van der Waals surface area contributed by atoms with E-state index in [4.69, 9.17) is 4.98 Å². The van der Waals surface area contributed by atoms with E-state index in [0.29, 0.717) is 6.42 Å². The van der Waals surface area contributed by atoms with Crippen LogP contribution in [-0.2, 0) is 11.3 Å². The van der Waals surface area contributed by atoms with Crippen molar-refractivity contribution in [3.8, 4) is 0 Å². The predicted molar refractivity (Wildman–Crippen MR) is 163 cm³/mol. The summed E-state index contributed by atoms with van der Waals surface area (Å²) in [5.74, 6) is 1.04. The van der Waals surface area contributed by atoms with Crippen LogP contribution in [0.15, 0.2) is 90.1 Å². The molecule has 1 aliphatic carbocycles. The van der Waals surface area contributed by atoms with Crippen molar-refractivity contribution in [2.24, 2.45) is 5.41 Å². The fourth-order valence-corrected chi connectivity index (χ4v) is 7.06. The van der Waals surface area contributed by atoms with Gasteiger partial charge in [0.25, 0.3) is 0 Å². The zero-order valence-corrected chi connectivity index (χ0v) is 24.0. The summed E-state index contributed by atoms with van der Waals surface area (Å²) in [5.41, 5.74) is 9.80. The summed E-state index contributed by atoms with van der Waals surface area (Å²) >= 11 is 0. The number of allylic oxidation sites excluding steroid dienone is 3. The fourth-order valence-electron chi connectivity index (χ4n) is 7.06. The van der Waals surface area contributed by atoms with E-state index in [1.807, 2.05) is 18.2 Å². The van der Waals surface area contributed by atoms with Crippen molar-refractivity contribution in [1.82, 2.24) is 9.55 Å². The number of nitrogens with zero attached hydrogens (tertiary/aromatic N) is 3. The van der Waals surface area contributed by atoms with E-state index in [-0.39, 0.29) is 22.8 Å². The number of Topliss-reactive ketones (excluding diaryl/α,β-unsaturated/α-hetero) is 1. The van der Waals surface area contributed by atoms with E-state index < -0.39 is 0 Å². The van der Waals surface area contributed by atoms with Crippen LogP contribution in [0.4, 0.5) is 11.6 Å². The lowest BCUT2D eigenvalue weighted by molar-refractivity contribution is -0.118. The molecule has 0 amide bonds. The molecule has 7 rings (SSSR count). The molecular weight excluding hydrogens is 492 g/mol. The quantitative estimate of drug-likeness (QED) is 0.294. The molecule has 0 saturated heterocycles. The molecular formula is C35H36N4O. The Morgan fingerprint density at radius 2 is 1.70 bits per heavy atom. The van der Waals surface area contributed by atoms with Crippen LogP contribution < -0.4 is 10.2 Å². The molecule has 5 nitrogen and oxygen atoms in total. The van der Waals surface area contributed by atoms with Gasteiger partial charge in [0.05, 0.1) is 22.6 Å². The summed E-state index contributed by atoms with van der Waals surface area (Å²) in [7, 11) is 0. The first-order chi connectivity index (χ1) is 19.1. The Morgan fingerprint density at radius 1 is 0.950 bits per heavy atom. The minimum absolute atomic E-state index is 0.0830. The van der Waals surface area contributed by atoms with Gasteiger partial charge in [0.2, 0.25) is 5.95 Å². The summed E-state index contributed by atoms with van der Waals surface area (Å²) in [6.45, 7) is 12.0. The van der Waals surface area contributed by atoms with Gasteiger partial charge in [0.15, 0.2) is 5.78 Å². The van der Waals surface area contributed by atoms with Gasteiger partial charge in [0, 0.05) is 35.5 Å². The van der Waals surface area contributed by atoms with E-state index in [9.17, 15) is 4.79 Å². The second kappa shape index (κ2) is 8.69. The second-order valence-corrected chi connectivity index (χ2v) is 13.0. The highest BCUT2D eigenvalue weighted by molar-refractivity contribution is 6.01. The maximum absolute atomic E-state index is 13.8. The van der Waals surface area contributed by atoms with Crippen LogP contribution in [0.2, 0.25) is 0 Å². The maximum atomic E-state index is 13.8. The predicted octanol–water partition coefficient (Wildman–Crippen LogP) is 7.90. The van der Waals surface area contributed by atoms with Gasteiger partial charge >= 0.3 is 0 Å². The average molecular weight is 529 g/mol. The molecule has 1 aromatic heterocycles. The third kappa shape index (κ3) is 3.90. The first-order valence-electron chi connectivity index (χ1n) is 14.3. The minimum atomic E-state index is -0.224. The van der Waals surface area contributed by atoms with Crippen LogP contribution in [0.1, 0.15) is 70.2 Å². The number of rotatable bonds is 3. The minimum Gasteiger partial charge on any atom is -0.358 e. The lowest BCUT2D eigenvalue weighted by Gasteiger charge is -2.44. The molecule has 0 saturated carbocycles. The van der Waals surface area contributed by atoms with Crippen molar-refractivity contribution in [2.45, 2.75) is 65.6 Å². The Kier molecular flexibility index (Phi) is 5.41. The Bertz CT molecular complexity index is 1740. The first kappa shape index (κ1) is 24.9. The standard InChI is InChI=1S/C35H36N4O/c1-22-18-35(4,5)38(21-23-11-7-6-8-12-23)28-16-15-24(17-25(22)28)32-31-27(19-34(2,3)20-30(31)40)37-33-36-26-13-9-10-14-29(26)39(32)33/h6-18,32H,19-21H2,1-5H3,(H,36,37). The van der Waals surface area contributed by atoms with Crippen LogP contribution in [-0.4, -0.2) is 20.9 Å². The SMILES string of the molecule is CC1=CC(C)(C)N(Cc2ccccc2)c2ccc(C3C4=C(CC(C)(C)CC4=O)Nc4nc5ccccc5n43)cc21. The monoisotopic (exact) mass is 528 g/mol. The molecule has 1 N–H and O–H groups in total. The number of para-hydroxylation sites is 2. The van der Waals surface area contributed by atoms with E-state index in [2.05, 4.69) is 110 Å². The number of aromatic nitrogens is 2. The number of hydrogen-bond acceptors (Lipinski definition) is 4. The first-order valence-corrected chi connectivity index (χ1v) is 14.3. The third-order valence-corrected chi connectivity index (χ3v) is 8.81. The number of ketones is 1. The van der Waals surface area contributed by atoms with Gasteiger partial charge in [-0.2, -0.15) is 0 Å². The molecule has 3 aromatic carbocycles. The summed E-state index contributed by atoms with van der Waals surface area (Å²) in [6, 6.07) is 25.5. The van der Waals surface area contributed by atoms with Gasteiger partial charge in [-0.05, 0) is 73.6 Å². The highest BCUT2D eigenvalue weighted by atomic mass is 16.1. The maximum Gasteiger partial charge on any atom is 0.209 e. The fraction of sp³-hybridized carbons (Fsp3) is 0.314. The summed E-state index contributed by atoms with van der Waals surface area (Å²) in [4.78, 5) is 21.3. The van der Waals surface area contributed by atoms with Crippen LogP contribution in [0.25, 0.3) is 16.6 Å². The highest BCUT2D eigenvalue weighted by Gasteiger charge is 2.42. The van der Waals surface area contributed by atoms with Crippen molar-refractivity contribution in [3.05, 3.63) is 107 Å². The smallest absolute Gasteiger partial charge is 0.209 e. The molecule has 3 aliphatic rings. The van der Waals surface area contributed by atoms with Crippen molar-refractivity contribution in [1.29, 1.82) is 0 Å². The number of nitrogens with one attached hydrogen (secondary N) is 1. The molecule has 1 unspecified atom stereocenters. The van der Waals surface area contributed by atoms with Gasteiger partial charge in [-0.1, -0.05) is 68.5 Å². The lowest BCUT2D eigenvalue weighted by atomic mass is 9.72. The molecule has 3 heterocycles. The number of fused-ring (bicyclic) bond motifs is 4.